The zero-order chi connectivity index (χ0) is 59.2. The normalized spacial score (nSPS) is 12.8. The third kappa shape index (κ3) is 66.9. The van der Waals surface area contributed by atoms with Gasteiger partial charge in [0.25, 0.3) is 0 Å². The minimum Gasteiger partial charge on any atom is -0.462 e. The van der Waals surface area contributed by atoms with Gasteiger partial charge in [-0.05, 0) is 128 Å². The summed E-state index contributed by atoms with van der Waals surface area (Å²) in [6.45, 7) is 6.53. The van der Waals surface area contributed by atoms with Crippen molar-refractivity contribution in [2.75, 3.05) is 13.2 Å². The van der Waals surface area contributed by atoms with Crippen LogP contribution in [-0.4, -0.2) is 37.2 Å². The van der Waals surface area contributed by atoms with Gasteiger partial charge < -0.3 is 14.2 Å². The number of unbranched alkanes of at least 4 members (excludes halogenated alkanes) is 34. The van der Waals surface area contributed by atoms with Crippen LogP contribution in [0.25, 0.3) is 0 Å². The van der Waals surface area contributed by atoms with E-state index in [-0.39, 0.29) is 31.1 Å². The van der Waals surface area contributed by atoms with Crippen molar-refractivity contribution in [2.45, 2.75) is 341 Å². The quantitative estimate of drug-likeness (QED) is 0.0261. The Kier molecular flexibility index (Phi) is 66.2. The predicted octanol–water partition coefficient (Wildman–Crippen LogP) is 24.2. The summed E-state index contributed by atoms with van der Waals surface area (Å²) < 4.78 is 16.9. The van der Waals surface area contributed by atoms with Crippen LogP contribution in [0.1, 0.15) is 335 Å². The fourth-order valence-corrected chi connectivity index (χ4v) is 9.77. The molecule has 0 heterocycles. The molecule has 0 saturated carbocycles. The first-order chi connectivity index (χ1) is 40.5. The fourth-order valence-electron chi connectivity index (χ4n) is 9.77. The lowest BCUT2D eigenvalue weighted by molar-refractivity contribution is -0.167. The molecule has 0 bridgehead atoms. The van der Waals surface area contributed by atoms with Crippen LogP contribution in [-0.2, 0) is 28.6 Å². The minimum absolute atomic E-state index is 0.0822. The van der Waals surface area contributed by atoms with Crippen molar-refractivity contribution in [3.05, 3.63) is 109 Å². The van der Waals surface area contributed by atoms with E-state index < -0.39 is 6.10 Å². The van der Waals surface area contributed by atoms with Crippen molar-refractivity contribution in [2.24, 2.45) is 0 Å². The van der Waals surface area contributed by atoms with Crippen molar-refractivity contribution in [1.82, 2.24) is 0 Å². The molecule has 0 spiro atoms. The van der Waals surface area contributed by atoms with Gasteiger partial charge in [-0.2, -0.15) is 0 Å². The summed E-state index contributed by atoms with van der Waals surface area (Å²) >= 11 is 0. The first-order valence-corrected chi connectivity index (χ1v) is 34.9. The van der Waals surface area contributed by atoms with Gasteiger partial charge in [0.1, 0.15) is 13.2 Å². The van der Waals surface area contributed by atoms with Crippen LogP contribution in [0, 0.1) is 0 Å². The third-order valence-corrected chi connectivity index (χ3v) is 15.0. The largest absolute Gasteiger partial charge is 0.462 e. The van der Waals surface area contributed by atoms with Crippen LogP contribution < -0.4 is 0 Å². The predicted molar refractivity (Wildman–Crippen MR) is 357 cm³/mol. The number of ether oxygens (including phenoxy) is 3. The number of hydrogen-bond acceptors (Lipinski definition) is 6. The highest BCUT2D eigenvalue weighted by Crippen LogP contribution is 2.16. The molecule has 0 radical (unpaired) electrons. The van der Waals surface area contributed by atoms with Gasteiger partial charge in [0.05, 0.1) is 0 Å². The van der Waals surface area contributed by atoms with Gasteiger partial charge in [0.15, 0.2) is 6.10 Å². The van der Waals surface area contributed by atoms with E-state index in [4.69, 9.17) is 14.2 Å². The fraction of sp³-hybridized carbons (Fsp3) is 0.724. The second-order valence-electron chi connectivity index (χ2n) is 23.1. The highest BCUT2D eigenvalue weighted by molar-refractivity contribution is 5.71. The highest BCUT2D eigenvalue weighted by atomic mass is 16.6. The Balaban J connectivity index is 4.25. The molecule has 0 N–H and O–H groups in total. The molecule has 0 fully saturated rings. The standard InChI is InChI=1S/C76H130O6/c1-4-7-10-13-16-19-22-25-27-29-31-32-33-34-35-36-37-38-39-40-41-42-43-44-45-47-48-51-54-57-60-63-66-69-75(78)81-72-73(71-80-74(77)68-65-62-59-56-53-50-24-21-18-15-12-9-6-3)82-76(79)70-67-64-61-58-55-52-49-46-30-28-26-23-20-17-14-11-8-5-2/h7,10,16,19,21,24-25,27-28,30-32,34-35,37-38,40-41,73H,4-6,8-9,11-15,17-18,20,22-23,26,29,33,36,39,42-72H2,1-3H3/b10-7-,19-16-,24-21-,27-25-,30-28-,32-31-,35-34-,38-37-,41-40-. The van der Waals surface area contributed by atoms with Crippen LogP contribution in [0.15, 0.2) is 109 Å². The van der Waals surface area contributed by atoms with Gasteiger partial charge >= 0.3 is 17.9 Å². The Labute approximate surface area is 508 Å². The first kappa shape index (κ1) is 78.1. The van der Waals surface area contributed by atoms with E-state index in [0.717, 1.165) is 109 Å². The van der Waals surface area contributed by atoms with Crippen LogP contribution in [0.2, 0.25) is 0 Å². The summed E-state index contributed by atoms with van der Waals surface area (Å²) in [4.78, 5) is 38.4. The number of allylic oxidation sites excluding steroid dienone is 18. The molecule has 0 aromatic carbocycles. The number of carbonyl (C=O) groups is 3. The molecule has 6 nitrogen and oxygen atoms in total. The molecule has 0 aliphatic rings. The van der Waals surface area contributed by atoms with E-state index in [1.165, 1.54) is 186 Å². The lowest BCUT2D eigenvalue weighted by atomic mass is 10.0. The zero-order valence-corrected chi connectivity index (χ0v) is 54.0. The van der Waals surface area contributed by atoms with E-state index in [1.54, 1.807) is 0 Å². The molecule has 0 rings (SSSR count). The van der Waals surface area contributed by atoms with Crippen LogP contribution in [0.5, 0.6) is 0 Å². The van der Waals surface area contributed by atoms with Crippen molar-refractivity contribution < 1.29 is 28.6 Å². The molecule has 0 aliphatic heterocycles. The Hall–Kier alpha value is -3.93. The lowest BCUT2D eigenvalue weighted by Gasteiger charge is -2.18. The van der Waals surface area contributed by atoms with E-state index in [2.05, 4.69) is 130 Å². The minimum atomic E-state index is -0.786. The summed E-state index contributed by atoms with van der Waals surface area (Å²) in [5, 5.41) is 0. The first-order valence-electron chi connectivity index (χ1n) is 34.9. The number of esters is 3. The van der Waals surface area contributed by atoms with Gasteiger partial charge in [0, 0.05) is 19.3 Å². The summed E-state index contributed by atoms with van der Waals surface area (Å²) in [5.74, 6) is -0.886. The molecule has 0 saturated heterocycles. The number of rotatable bonds is 63. The van der Waals surface area contributed by atoms with Crippen molar-refractivity contribution in [3.63, 3.8) is 0 Å². The molecule has 0 amide bonds. The maximum atomic E-state index is 12.9. The summed E-state index contributed by atoms with van der Waals surface area (Å²) in [5.41, 5.74) is 0. The van der Waals surface area contributed by atoms with E-state index >= 15 is 0 Å². The van der Waals surface area contributed by atoms with E-state index in [0.29, 0.717) is 19.3 Å². The van der Waals surface area contributed by atoms with E-state index in [1.807, 2.05) is 0 Å². The second-order valence-corrected chi connectivity index (χ2v) is 23.1. The van der Waals surface area contributed by atoms with Gasteiger partial charge in [-0.25, -0.2) is 0 Å². The molecule has 1 unspecified atom stereocenters. The van der Waals surface area contributed by atoms with Crippen LogP contribution in [0.4, 0.5) is 0 Å². The molecule has 0 aromatic heterocycles. The van der Waals surface area contributed by atoms with Crippen molar-refractivity contribution in [3.8, 4) is 0 Å². The molecule has 6 heteroatoms. The maximum absolute atomic E-state index is 12.9. The number of hydrogen-bond donors (Lipinski definition) is 0. The summed E-state index contributed by atoms with van der Waals surface area (Å²) in [7, 11) is 0. The van der Waals surface area contributed by atoms with Gasteiger partial charge in [-0.3, -0.25) is 14.4 Å². The molecule has 0 aromatic rings. The van der Waals surface area contributed by atoms with E-state index in [9.17, 15) is 14.4 Å². The number of carbonyl (C=O) groups excluding carboxylic acids is 3. The molecule has 0 aliphatic carbocycles. The molecular formula is C76H130O6. The van der Waals surface area contributed by atoms with Gasteiger partial charge in [-0.1, -0.05) is 297 Å². The topological polar surface area (TPSA) is 78.9 Å². The average molecular weight is 1140 g/mol. The monoisotopic (exact) mass is 1140 g/mol. The SMILES string of the molecule is CC/C=C\C/C=C\C/C=C\C/C=C\C/C=C\C/C=C\C/C=C\CCCCCCCCCCCCCC(=O)OCC(COC(=O)CCCCCCC/C=C\CCCCCC)OC(=O)CCCCCCCCC/C=C\CCCCCCCCC. The Morgan fingerprint density at radius 2 is 0.476 bits per heavy atom. The van der Waals surface area contributed by atoms with Gasteiger partial charge in [0.2, 0.25) is 0 Å². The highest BCUT2D eigenvalue weighted by Gasteiger charge is 2.19. The summed E-state index contributed by atoms with van der Waals surface area (Å²) in [6.07, 6.45) is 95.4. The third-order valence-electron chi connectivity index (χ3n) is 15.0. The molecule has 82 heavy (non-hydrogen) atoms. The summed E-state index contributed by atoms with van der Waals surface area (Å²) in [6, 6.07) is 0. The maximum Gasteiger partial charge on any atom is 0.306 e. The van der Waals surface area contributed by atoms with Crippen LogP contribution >= 0.6 is 0 Å². The van der Waals surface area contributed by atoms with Crippen molar-refractivity contribution in [1.29, 1.82) is 0 Å². The molecule has 470 valence electrons. The molecule has 1 atom stereocenters. The smallest absolute Gasteiger partial charge is 0.306 e. The van der Waals surface area contributed by atoms with Gasteiger partial charge in [-0.15, -0.1) is 0 Å². The Bertz CT molecular complexity index is 1640. The lowest BCUT2D eigenvalue weighted by Crippen LogP contribution is -2.30. The Morgan fingerprint density at radius 3 is 0.768 bits per heavy atom. The molecular weight excluding hydrogens is 1010 g/mol. The average Bonchev–Trinajstić information content (AvgIpc) is 3.47. The second kappa shape index (κ2) is 69.6. The Morgan fingerprint density at radius 1 is 0.256 bits per heavy atom. The van der Waals surface area contributed by atoms with Crippen molar-refractivity contribution >= 4 is 17.9 Å². The zero-order valence-electron chi connectivity index (χ0n) is 54.0. The van der Waals surface area contributed by atoms with Crippen LogP contribution in [0.3, 0.4) is 0 Å².